The molecule has 0 radical (unpaired) electrons. The Balaban J connectivity index is 2.49. The van der Waals surface area contributed by atoms with Gasteiger partial charge in [-0.25, -0.2) is 13.1 Å². The molecule has 0 bridgehead atoms. The zero-order chi connectivity index (χ0) is 13.6. The van der Waals surface area contributed by atoms with Crippen molar-refractivity contribution in [3.8, 4) is 0 Å². The van der Waals surface area contributed by atoms with Crippen LogP contribution in [0.1, 0.15) is 26.3 Å². The van der Waals surface area contributed by atoms with Crippen LogP contribution in [0.2, 0.25) is 0 Å². The van der Waals surface area contributed by atoms with Crippen molar-refractivity contribution in [3.63, 3.8) is 0 Å². The van der Waals surface area contributed by atoms with Gasteiger partial charge in [0.05, 0.1) is 5.25 Å². The van der Waals surface area contributed by atoms with Crippen LogP contribution in [0.5, 0.6) is 0 Å². The molecule has 6 heteroatoms. The average molecular weight is 271 g/mol. The minimum absolute atomic E-state index is 0.279. The molecule has 1 aromatic rings. The van der Waals surface area contributed by atoms with E-state index in [4.69, 9.17) is 0 Å². The molecule has 0 amide bonds. The SMILES string of the molecule is CC(C)NCC(C)S(=O)(=O)NCc1cccnc1. The summed E-state index contributed by atoms with van der Waals surface area (Å²) in [6, 6.07) is 3.90. The molecular weight excluding hydrogens is 250 g/mol. The van der Waals surface area contributed by atoms with Crippen LogP contribution in [0.3, 0.4) is 0 Å². The van der Waals surface area contributed by atoms with Crippen molar-refractivity contribution in [1.82, 2.24) is 15.0 Å². The van der Waals surface area contributed by atoms with Crippen LogP contribution in [0.15, 0.2) is 24.5 Å². The van der Waals surface area contributed by atoms with Crippen LogP contribution < -0.4 is 10.0 Å². The van der Waals surface area contributed by atoms with Crippen molar-refractivity contribution in [2.24, 2.45) is 0 Å². The summed E-state index contributed by atoms with van der Waals surface area (Å²) in [5.74, 6) is 0. The fourth-order valence-corrected chi connectivity index (χ4v) is 2.31. The summed E-state index contributed by atoms with van der Waals surface area (Å²) in [6.45, 7) is 6.40. The van der Waals surface area contributed by atoms with Gasteiger partial charge < -0.3 is 5.32 Å². The standard InChI is InChI=1S/C12H21N3O2S/c1-10(2)14-7-11(3)18(16,17)15-9-12-5-4-6-13-8-12/h4-6,8,10-11,14-15H,7,9H2,1-3H3. The zero-order valence-electron chi connectivity index (χ0n) is 11.1. The van der Waals surface area contributed by atoms with Crippen LogP contribution in [-0.2, 0) is 16.6 Å². The lowest BCUT2D eigenvalue weighted by atomic mass is 10.3. The van der Waals surface area contributed by atoms with E-state index >= 15 is 0 Å². The van der Waals surface area contributed by atoms with Crippen LogP contribution in [0.25, 0.3) is 0 Å². The summed E-state index contributed by atoms with van der Waals surface area (Å²) in [5.41, 5.74) is 0.852. The first-order valence-corrected chi connectivity index (χ1v) is 7.57. The van der Waals surface area contributed by atoms with E-state index in [0.29, 0.717) is 6.54 Å². The normalized spacial score (nSPS) is 13.8. The topological polar surface area (TPSA) is 71.1 Å². The second-order valence-electron chi connectivity index (χ2n) is 4.60. The number of aromatic nitrogens is 1. The first-order valence-electron chi connectivity index (χ1n) is 6.02. The Kier molecular flexibility index (Phi) is 5.71. The van der Waals surface area contributed by atoms with Gasteiger partial charge in [0.25, 0.3) is 0 Å². The monoisotopic (exact) mass is 271 g/mol. The first-order chi connectivity index (χ1) is 8.42. The van der Waals surface area contributed by atoms with E-state index in [1.165, 1.54) is 0 Å². The Morgan fingerprint density at radius 3 is 2.61 bits per heavy atom. The Bertz CT molecular complexity index is 446. The highest BCUT2D eigenvalue weighted by Crippen LogP contribution is 2.01. The lowest BCUT2D eigenvalue weighted by molar-refractivity contribution is 0.540. The minimum atomic E-state index is -3.29. The third kappa shape index (κ3) is 5.12. The molecule has 0 aliphatic carbocycles. The van der Waals surface area contributed by atoms with E-state index < -0.39 is 15.3 Å². The molecule has 0 aliphatic heterocycles. The van der Waals surface area contributed by atoms with Crippen LogP contribution in [0.4, 0.5) is 0 Å². The summed E-state index contributed by atoms with van der Waals surface area (Å²) in [4.78, 5) is 3.94. The van der Waals surface area contributed by atoms with Gasteiger partial charge in [-0.2, -0.15) is 0 Å². The quantitative estimate of drug-likeness (QED) is 0.772. The van der Waals surface area contributed by atoms with Crippen molar-refractivity contribution >= 4 is 10.0 Å². The van der Waals surface area contributed by atoms with E-state index in [1.807, 2.05) is 19.9 Å². The van der Waals surface area contributed by atoms with Gasteiger partial charge in [-0.05, 0) is 18.6 Å². The summed E-state index contributed by atoms with van der Waals surface area (Å²) in [5, 5.41) is 2.66. The van der Waals surface area contributed by atoms with E-state index in [0.717, 1.165) is 5.56 Å². The molecule has 2 N–H and O–H groups in total. The van der Waals surface area contributed by atoms with Crippen molar-refractivity contribution in [1.29, 1.82) is 0 Å². The number of nitrogens with one attached hydrogen (secondary N) is 2. The van der Waals surface area contributed by atoms with Gasteiger partial charge in [-0.1, -0.05) is 19.9 Å². The van der Waals surface area contributed by atoms with Gasteiger partial charge in [0, 0.05) is 31.5 Å². The predicted molar refractivity (Wildman–Crippen MR) is 72.6 cm³/mol. The number of hydrogen-bond donors (Lipinski definition) is 2. The van der Waals surface area contributed by atoms with Crippen molar-refractivity contribution < 1.29 is 8.42 Å². The van der Waals surface area contributed by atoms with Crippen molar-refractivity contribution in [3.05, 3.63) is 30.1 Å². The Hall–Kier alpha value is -0.980. The fraction of sp³-hybridized carbons (Fsp3) is 0.583. The summed E-state index contributed by atoms with van der Waals surface area (Å²) < 4.78 is 26.5. The fourth-order valence-electron chi connectivity index (χ4n) is 1.34. The molecule has 0 saturated carbocycles. The van der Waals surface area contributed by atoms with Gasteiger partial charge in [0.15, 0.2) is 0 Å². The molecule has 0 saturated heterocycles. The minimum Gasteiger partial charge on any atom is -0.313 e. The molecule has 102 valence electrons. The van der Waals surface area contributed by atoms with Gasteiger partial charge in [-0.3, -0.25) is 4.98 Å². The van der Waals surface area contributed by atoms with Gasteiger partial charge in [0.1, 0.15) is 0 Å². The maximum absolute atomic E-state index is 11.9. The van der Waals surface area contributed by atoms with E-state index in [1.54, 1.807) is 25.4 Å². The summed E-state index contributed by atoms with van der Waals surface area (Å²) >= 11 is 0. The molecular formula is C12H21N3O2S. The number of nitrogens with zero attached hydrogens (tertiary/aromatic N) is 1. The van der Waals surface area contributed by atoms with Gasteiger partial charge >= 0.3 is 0 Å². The number of pyridine rings is 1. The largest absolute Gasteiger partial charge is 0.313 e. The molecule has 0 fully saturated rings. The zero-order valence-corrected chi connectivity index (χ0v) is 11.9. The second kappa shape index (κ2) is 6.82. The highest BCUT2D eigenvalue weighted by atomic mass is 32.2. The molecule has 0 aromatic carbocycles. The number of sulfonamides is 1. The predicted octanol–water partition coefficient (Wildman–Crippen LogP) is 0.887. The molecule has 18 heavy (non-hydrogen) atoms. The molecule has 0 spiro atoms. The lowest BCUT2D eigenvalue weighted by Gasteiger charge is -2.16. The van der Waals surface area contributed by atoms with Gasteiger partial charge in [-0.15, -0.1) is 0 Å². The van der Waals surface area contributed by atoms with E-state index in [9.17, 15) is 8.42 Å². The molecule has 5 nitrogen and oxygen atoms in total. The number of hydrogen-bond acceptors (Lipinski definition) is 4. The van der Waals surface area contributed by atoms with Crippen molar-refractivity contribution in [2.45, 2.75) is 38.6 Å². The smallest absolute Gasteiger partial charge is 0.215 e. The Labute approximate surface area is 109 Å². The maximum atomic E-state index is 11.9. The average Bonchev–Trinajstić information content (AvgIpc) is 2.34. The van der Waals surface area contributed by atoms with Crippen molar-refractivity contribution in [2.75, 3.05) is 6.54 Å². The summed E-state index contributed by atoms with van der Waals surface area (Å²) in [7, 11) is -3.29. The first kappa shape index (κ1) is 15.1. The van der Waals surface area contributed by atoms with Crippen LogP contribution in [-0.4, -0.2) is 31.2 Å². The second-order valence-corrected chi connectivity index (χ2v) is 6.78. The van der Waals surface area contributed by atoms with Crippen LogP contribution >= 0.6 is 0 Å². The molecule has 1 unspecified atom stereocenters. The van der Waals surface area contributed by atoms with Gasteiger partial charge in [0.2, 0.25) is 10.0 Å². The summed E-state index contributed by atoms with van der Waals surface area (Å²) in [6.07, 6.45) is 3.31. The molecule has 1 atom stereocenters. The maximum Gasteiger partial charge on any atom is 0.215 e. The Morgan fingerprint density at radius 1 is 1.33 bits per heavy atom. The molecule has 0 aliphatic rings. The lowest BCUT2D eigenvalue weighted by Crippen LogP contribution is -2.40. The van der Waals surface area contributed by atoms with Crippen LogP contribution in [0, 0.1) is 0 Å². The van der Waals surface area contributed by atoms with E-state index in [2.05, 4.69) is 15.0 Å². The third-order valence-electron chi connectivity index (χ3n) is 2.54. The highest BCUT2D eigenvalue weighted by Gasteiger charge is 2.20. The van der Waals surface area contributed by atoms with E-state index in [-0.39, 0.29) is 12.6 Å². The molecule has 1 rings (SSSR count). The Morgan fingerprint density at radius 2 is 2.06 bits per heavy atom. The third-order valence-corrected chi connectivity index (χ3v) is 4.32. The molecule has 1 heterocycles. The number of rotatable bonds is 7. The molecule has 1 aromatic heterocycles. The highest BCUT2D eigenvalue weighted by molar-refractivity contribution is 7.90.